The Labute approximate surface area is 350 Å². The first-order valence-corrected chi connectivity index (χ1v) is 20.9. The second kappa shape index (κ2) is 28.0. The van der Waals surface area contributed by atoms with E-state index in [4.69, 9.17) is 23.7 Å². The second-order valence-electron chi connectivity index (χ2n) is 15.4. The number of aliphatic hydroxyl groups is 6. The summed E-state index contributed by atoms with van der Waals surface area (Å²) in [5.74, 6) is -4.66. The summed E-state index contributed by atoms with van der Waals surface area (Å²) in [5, 5.41) is 81.1. The van der Waals surface area contributed by atoms with Gasteiger partial charge in [0.1, 0.15) is 53.7 Å². The lowest BCUT2D eigenvalue weighted by Crippen LogP contribution is -2.62. The molecule has 1 fully saturated rings. The van der Waals surface area contributed by atoms with Gasteiger partial charge in [0.15, 0.2) is 12.4 Å². The number of benzene rings is 1. The molecule has 60 heavy (non-hydrogen) atoms. The SMILES string of the molecule is CC(=O)O[C@H](C(=O)OC(C)CCCCCCCCCCCCCCCC(=O)Cc1cccc(O)c1C(=O)O)[C@@H](O)[C@H](O)[C@@H](CO)OC1O[C@H](CO)[C@@H](O)[C@H](O)[C@@H]1OC(C)=O. The Morgan fingerprint density at radius 3 is 1.85 bits per heavy atom. The Morgan fingerprint density at radius 2 is 1.33 bits per heavy atom. The number of aromatic hydroxyl groups is 1. The standard InChI is InChI=1S/C42H66O18/c1-25(18-15-13-11-9-7-5-4-6-8-10-12-14-16-20-29(47)22-28-19-17-21-30(48)33(28)40(53)54)56-41(55)38(57-26(2)45)36(51)34(49)31(23-43)59-42-39(58-27(3)46)37(52)35(50)32(24-44)60-42/h17,19,21,25,31-32,34-39,42-44,48-52H,4-16,18,20,22-24H2,1-3H3,(H,53,54)/t25?,31-,32-,34-,35-,36+,37+,38+,39+,42?/m1/s1. The van der Waals surface area contributed by atoms with E-state index in [0.717, 1.165) is 97.3 Å². The second-order valence-corrected chi connectivity index (χ2v) is 15.4. The van der Waals surface area contributed by atoms with Crippen molar-refractivity contribution in [3.8, 4) is 5.75 Å². The topological polar surface area (TPSA) is 293 Å². The van der Waals surface area contributed by atoms with Crippen LogP contribution in [0.2, 0.25) is 0 Å². The Balaban J connectivity index is 1.64. The number of hydrogen-bond donors (Lipinski definition) is 8. The number of carbonyl (C=O) groups is 5. The van der Waals surface area contributed by atoms with Crippen molar-refractivity contribution in [3.63, 3.8) is 0 Å². The van der Waals surface area contributed by atoms with Crippen LogP contribution in [0.15, 0.2) is 18.2 Å². The van der Waals surface area contributed by atoms with Crippen LogP contribution in [0.3, 0.4) is 0 Å². The van der Waals surface area contributed by atoms with Crippen LogP contribution in [0, 0.1) is 0 Å². The lowest BCUT2D eigenvalue weighted by atomic mass is 9.98. The van der Waals surface area contributed by atoms with Crippen LogP contribution in [0.25, 0.3) is 0 Å². The Morgan fingerprint density at radius 1 is 0.767 bits per heavy atom. The van der Waals surface area contributed by atoms with Crippen molar-refractivity contribution in [2.24, 2.45) is 0 Å². The molecule has 1 aromatic carbocycles. The van der Waals surface area contributed by atoms with Crippen molar-refractivity contribution < 1.29 is 88.5 Å². The van der Waals surface area contributed by atoms with Gasteiger partial charge >= 0.3 is 23.9 Å². The van der Waals surface area contributed by atoms with E-state index in [1.54, 1.807) is 13.0 Å². The zero-order chi connectivity index (χ0) is 44.8. The van der Waals surface area contributed by atoms with Gasteiger partial charge in [-0.2, -0.15) is 0 Å². The van der Waals surface area contributed by atoms with Crippen LogP contribution in [0.1, 0.15) is 133 Å². The van der Waals surface area contributed by atoms with E-state index in [0.29, 0.717) is 18.4 Å². The number of unbranched alkanes of at least 4 members (excludes halogenated alkanes) is 12. The third kappa shape index (κ3) is 18.1. The molecule has 342 valence electrons. The molecule has 2 unspecified atom stereocenters. The molecule has 0 radical (unpaired) electrons. The summed E-state index contributed by atoms with van der Waals surface area (Å²) >= 11 is 0. The van der Waals surface area contributed by atoms with Gasteiger partial charge in [0, 0.05) is 26.7 Å². The predicted octanol–water partition coefficient (Wildman–Crippen LogP) is 2.39. The normalized spacial score (nSPS) is 21.6. The summed E-state index contributed by atoms with van der Waals surface area (Å²) in [6, 6.07) is 4.38. The highest BCUT2D eigenvalue weighted by molar-refractivity contribution is 5.94. The third-order valence-corrected chi connectivity index (χ3v) is 10.3. The molecule has 0 bridgehead atoms. The summed E-state index contributed by atoms with van der Waals surface area (Å²) in [6.45, 7) is 1.82. The first kappa shape index (κ1) is 52.4. The molecule has 0 aromatic heterocycles. The van der Waals surface area contributed by atoms with Gasteiger partial charge in [-0.05, 0) is 37.8 Å². The summed E-state index contributed by atoms with van der Waals surface area (Å²) in [6.07, 6.45) is -3.15. The first-order chi connectivity index (χ1) is 28.5. The van der Waals surface area contributed by atoms with Crippen LogP contribution in [0.5, 0.6) is 5.75 Å². The molecule has 0 spiro atoms. The van der Waals surface area contributed by atoms with E-state index in [-0.39, 0.29) is 23.5 Å². The highest BCUT2D eigenvalue weighted by Gasteiger charge is 2.49. The first-order valence-electron chi connectivity index (χ1n) is 20.9. The number of rotatable bonds is 30. The maximum atomic E-state index is 13.1. The molecule has 1 aliphatic rings. The number of ketones is 1. The molecule has 0 saturated carbocycles. The number of esters is 3. The molecule has 10 atom stereocenters. The van der Waals surface area contributed by atoms with E-state index < -0.39 is 98.3 Å². The van der Waals surface area contributed by atoms with Gasteiger partial charge in [-0.3, -0.25) is 14.4 Å². The van der Waals surface area contributed by atoms with Gasteiger partial charge in [0.2, 0.25) is 6.10 Å². The van der Waals surface area contributed by atoms with Gasteiger partial charge in [0.05, 0.1) is 19.3 Å². The van der Waals surface area contributed by atoms with Crippen LogP contribution >= 0.6 is 0 Å². The number of ether oxygens (including phenoxy) is 5. The maximum absolute atomic E-state index is 13.1. The fourth-order valence-corrected chi connectivity index (χ4v) is 7.03. The van der Waals surface area contributed by atoms with E-state index >= 15 is 0 Å². The highest BCUT2D eigenvalue weighted by Crippen LogP contribution is 2.27. The monoisotopic (exact) mass is 858 g/mol. The molecule has 0 amide bonds. The van der Waals surface area contributed by atoms with Gasteiger partial charge in [-0.15, -0.1) is 0 Å². The predicted molar refractivity (Wildman–Crippen MR) is 211 cm³/mol. The quantitative estimate of drug-likeness (QED) is 0.0313. The molecule has 18 heteroatoms. The molecule has 8 N–H and O–H groups in total. The number of aromatic carboxylic acids is 1. The van der Waals surface area contributed by atoms with Crippen molar-refractivity contribution in [2.75, 3.05) is 13.2 Å². The smallest absolute Gasteiger partial charge is 0.350 e. The average Bonchev–Trinajstić information content (AvgIpc) is 3.18. The van der Waals surface area contributed by atoms with E-state index in [9.17, 15) is 64.8 Å². The zero-order valence-corrected chi connectivity index (χ0v) is 34.9. The molecular weight excluding hydrogens is 792 g/mol. The fraction of sp³-hybridized carbons (Fsp3) is 0.738. The zero-order valence-electron chi connectivity index (χ0n) is 34.9. The lowest BCUT2D eigenvalue weighted by molar-refractivity contribution is -0.324. The van der Waals surface area contributed by atoms with Crippen LogP contribution in [-0.2, 0) is 49.3 Å². The van der Waals surface area contributed by atoms with Crippen LogP contribution in [-0.4, -0.2) is 145 Å². The minimum Gasteiger partial charge on any atom is -0.507 e. The molecule has 18 nitrogen and oxygen atoms in total. The lowest BCUT2D eigenvalue weighted by Gasteiger charge is -2.42. The van der Waals surface area contributed by atoms with E-state index in [2.05, 4.69) is 0 Å². The fourth-order valence-electron chi connectivity index (χ4n) is 7.03. The Bertz CT molecular complexity index is 1470. The largest absolute Gasteiger partial charge is 0.507 e. The summed E-state index contributed by atoms with van der Waals surface area (Å²) in [4.78, 5) is 60.3. The van der Waals surface area contributed by atoms with Gasteiger partial charge < -0.3 is 64.5 Å². The summed E-state index contributed by atoms with van der Waals surface area (Å²) < 4.78 is 26.3. The molecule has 1 aliphatic heterocycles. The van der Waals surface area contributed by atoms with Gasteiger partial charge in [-0.1, -0.05) is 82.8 Å². The van der Waals surface area contributed by atoms with Crippen molar-refractivity contribution in [3.05, 3.63) is 29.3 Å². The van der Waals surface area contributed by atoms with E-state index in [1.165, 1.54) is 12.1 Å². The molecular formula is C42H66O18. The van der Waals surface area contributed by atoms with Crippen molar-refractivity contribution in [2.45, 2.75) is 185 Å². The highest BCUT2D eigenvalue weighted by atomic mass is 16.7. The van der Waals surface area contributed by atoms with Crippen LogP contribution in [0.4, 0.5) is 0 Å². The minimum atomic E-state index is -2.19. The van der Waals surface area contributed by atoms with Crippen LogP contribution < -0.4 is 0 Å². The number of carboxylic acids is 1. The van der Waals surface area contributed by atoms with E-state index in [1.807, 2.05) is 0 Å². The third-order valence-electron chi connectivity index (χ3n) is 10.3. The van der Waals surface area contributed by atoms with Gasteiger partial charge in [-0.25, -0.2) is 9.59 Å². The maximum Gasteiger partial charge on any atom is 0.350 e. The summed E-state index contributed by atoms with van der Waals surface area (Å²) in [5.41, 5.74) is 0.111. The number of carbonyl (C=O) groups excluding carboxylic acids is 4. The van der Waals surface area contributed by atoms with Crippen molar-refractivity contribution >= 4 is 29.7 Å². The molecule has 1 heterocycles. The number of aliphatic hydroxyl groups excluding tert-OH is 6. The van der Waals surface area contributed by atoms with Crippen molar-refractivity contribution in [1.82, 2.24) is 0 Å². The molecule has 1 saturated heterocycles. The molecule has 1 aromatic rings. The molecule has 2 rings (SSSR count). The Kier molecular flexibility index (Phi) is 24.4. The summed E-state index contributed by atoms with van der Waals surface area (Å²) in [7, 11) is 0. The number of carboxylic acid groups (broad SMARTS) is 1. The minimum absolute atomic E-state index is 0.00603. The average molecular weight is 859 g/mol. The van der Waals surface area contributed by atoms with Crippen molar-refractivity contribution in [1.29, 1.82) is 0 Å². The number of phenols is 1. The number of Topliss-reactive ketones (excluding diaryl/α,β-unsaturated/α-hetero) is 1. The Hall–Kier alpha value is -3.75. The molecule has 0 aliphatic carbocycles. The number of hydrogen-bond acceptors (Lipinski definition) is 17. The van der Waals surface area contributed by atoms with Gasteiger partial charge in [0.25, 0.3) is 0 Å².